The molecule has 74 heavy (non-hydrogen) atoms. The molecule has 14 rings (SSSR count). The zero-order valence-electron chi connectivity index (χ0n) is 40.1. The molecule has 0 N–H and O–H groups in total. The molecule has 0 saturated carbocycles. The Morgan fingerprint density at radius 1 is 0.311 bits per heavy atom. The average molecular weight is 945 g/mol. The molecule has 0 saturated heterocycles. The summed E-state index contributed by atoms with van der Waals surface area (Å²) in [6, 6.07) is 90.3. The van der Waals surface area contributed by atoms with Crippen LogP contribution in [-0.4, -0.2) is 29.1 Å². The third kappa shape index (κ3) is 7.35. The van der Waals surface area contributed by atoms with Crippen molar-refractivity contribution in [3.63, 3.8) is 0 Å². The molecular formula is C68H44N6. The van der Waals surface area contributed by atoms with Crippen LogP contribution in [0.4, 0.5) is 0 Å². The zero-order valence-corrected chi connectivity index (χ0v) is 40.1. The summed E-state index contributed by atoms with van der Waals surface area (Å²) in [7, 11) is 0. The molecule has 0 bridgehead atoms. The highest BCUT2D eigenvalue weighted by atomic mass is 15.0. The molecule has 0 atom stereocenters. The number of hydrogen-bond donors (Lipinski definition) is 0. The Kier molecular flexibility index (Phi) is 10.4. The number of rotatable bonds is 9. The molecule has 0 fully saturated rings. The normalized spacial score (nSPS) is 11.5. The lowest BCUT2D eigenvalue weighted by atomic mass is 9.91. The van der Waals surface area contributed by atoms with Crippen LogP contribution in [0.25, 0.3) is 134 Å². The molecule has 14 aromatic rings. The van der Waals surface area contributed by atoms with Crippen LogP contribution in [-0.2, 0) is 0 Å². The second kappa shape index (κ2) is 18.0. The summed E-state index contributed by atoms with van der Waals surface area (Å²) in [5.41, 5.74) is 17.8. The molecule has 0 aliphatic heterocycles. The summed E-state index contributed by atoms with van der Waals surface area (Å²) in [5.74, 6) is 1.38. The largest absolute Gasteiger partial charge is 0.309 e. The maximum absolute atomic E-state index is 5.23. The molecule has 6 nitrogen and oxygen atoms in total. The van der Waals surface area contributed by atoms with Crippen molar-refractivity contribution in [3.05, 3.63) is 267 Å². The Labute approximate surface area is 427 Å². The van der Waals surface area contributed by atoms with Gasteiger partial charge in [0.25, 0.3) is 0 Å². The van der Waals surface area contributed by atoms with Crippen molar-refractivity contribution in [3.8, 4) is 90.2 Å². The summed E-state index contributed by atoms with van der Waals surface area (Å²) >= 11 is 0. The third-order valence-electron chi connectivity index (χ3n) is 14.2. The molecule has 346 valence electrons. The smallest absolute Gasteiger partial charge is 0.159 e. The Balaban J connectivity index is 0.935. The second-order valence-electron chi connectivity index (χ2n) is 18.6. The van der Waals surface area contributed by atoms with Crippen LogP contribution in [0.15, 0.2) is 267 Å². The van der Waals surface area contributed by atoms with E-state index in [1.54, 1.807) is 0 Å². The van der Waals surface area contributed by atoms with Crippen molar-refractivity contribution in [2.75, 3.05) is 0 Å². The van der Waals surface area contributed by atoms with Crippen LogP contribution in [0.2, 0.25) is 0 Å². The van der Waals surface area contributed by atoms with E-state index in [1.165, 1.54) is 27.1 Å². The molecular weight excluding hydrogens is 901 g/mol. The first-order valence-electron chi connectivity index (χ1n) is 24.9. The minimum absolute atomic E-state index is 0.685. The zero-order chi connectivity index (χ0) is 49.0. The average Bonchev–Trinajstić information content (AvgIpc) is 4.05. The molecule has 0 aliphatic carbocycles. The van der Waals surface area contributed by atoms with Gasteiger partial charge in [0.2, 0.25) is 0 Å². The van der Waals surface area contributed by atoms with E-state index in [4.69, 9.17) is 19.9 Å². The van der Waals surface area contributed by atoms with Gasteiger partial charge < -0.3 is 9.13 Å². The van der Waals surface area contributed by atoms with Crippen molar-refractivity contribution in [1.82, 2.24) is 29.1 Å². The number of para-hydroxylation sites is 2. The van der Waals surface area contributed by atoms with Crippen LogP contribution in [0.3, 0.4) is 0 Å². The fraction of sp³-hybridized carbons (Fsp3) is 0. The lowest BCUT2D eigenvalue weighted by molar-refractivity contribution is 1.13. The minimum atomic E-state index is 0.685. The summed E-state index contributed by atoms with van der Waals surface area (Å²) < 4.78 is 4.83. The number of fused-ring (bicyclic) bond motifs is 6. The van der Waals surface area contributed by atoms with Crippen LogP contribution in [0.5, 0.6) is 0 Å². The predicted octanol–water partition coefficient (Wildman–Crippen LogP) is 17.1. The number of nitrogens with zero attached hydrogens (tertiary/aromatic N) is 6. The van der Waals surface area contributed by atoms with E-state index in [2.05, 4.69) is 215 Å². The third-order valence-corrected chi connectivity index (χ3v) is 14.2. The minimum Gasteiger partial charge on any atom is -0.309 e. The van der Waals surface area contributed by atoms with Gasteiger partial charge in [-0.2, -0.15) is 0 Å². The van der Waals surface area contributed by atoms with E-state index in [-0.39, 0.29) is 0 Å². The van der Waals surface area contributed by atoms with Gasteiger partial charge in [0.05, 0.1) is 33.6 Å². The summed E-state index contributed by atoms with van der Waals surface area (Å²) in [6.45, 7) is 0. The fourth-order valence-electron chi connectivity index (χ4n) is 10.9. The van der Waals surface area contributed by atoms with E-state index in [0.29, 0.717) is 11.6 Å². The van der Waals surface area contributed by atoms with E-state index < -0.39 is 0 Å². The van der Waals surface area contributed by atoms with Gasteiger partial charge in [0, 0.05) is 78.7 Å². The molecule has 4 heterocycles. The molecule has 0 unspecified atom stereocenters. The van der Waals surface area contributed by atoms with Crippen LogP contribution >= 0.6 is 0 Å². The Hall–Kier alpha value is -10.0. The first kappa shape index (κ1) is 42.8. The van der Waals surface area contributed by atoms with Gasteiger partial charge in [-0.05, 0) is 76.7 Å². The highest BCUT2D eigenvalue weighted by Crippen LogP contribution is 2.45. The quantitative estimate of drug-likeness (QED) is 0.145. The van der Waals surface area contributed by atoms with Crippen molar-refractivity contribution in [2.45, 2.75) is 0 Å². The standard InChI is InChI=1S/C68H44N6/c1-4-20-45(21-5-1)61-38-39-69-68(71-61)50-28-19-30-52(41-50)74-63-37-17-15-34-56(63)59-43-58(54-32-12-14-35-57(54)66(59)74)53-31-11-13-33-55(53)64-42-49-26-10-16-36-62(49)73(64)51-29-18-27-48(40-51)60-44-70-67(47-24-8-3-9-25-47)72-65(60)46-22-6-2-7-23-46/h1-44H. The van der Waals surface area contributed by atoms with Gasteiger partial charge in [-0.25, -0.2) is 19.9 Å². The Bertz CT molecular complexity index is 4420. The fourth-order valence-corrected chi connectivity index (χ4v) is 10.9. The van der Waals surface area contributed by atoms with Crippen LogP contribution in [0.1, 0.15) is 0 Å². The Morgan fingerprint density at radius 2 is 0.892 bits per heavy atom. The highest BCUT2D eigenvalue weighted by molar-refractivity contribution is 6.22. The summed E-state index contributed by atoms with van der Waals surface area (Å²) in [5, 5.41) is 5.86. The molecule has 0 amide bonds. The van der Waals surface area contributed by atoms with Gasteiger partial charge in [0.1, 0.15) is 0 Å². The summed E-state index contributed by atoms with van der Waals surface area (Å²) in [6.07, 6.45) is 3.83. The first-order chi connectivity index (χ1) is 36.7. The second-order valence-corrected chi connectivity index (χ2v) is 18.6. The highest BCUT2D eigenvalue weighted by Gasteiger charge is 2.23. The molecule has 4 aromatic heterocycles. The van der Waals surface area contributed by atoms with Crippen LogP contribution < -0.4 is 0 Å². The van der Waals surface area contributed by atoms with Gasteiger partial charge >= 0.3 is 0 Å². The number of hydrogen-bond acceptors (Lipinski definition) is 4. The Morgan fingerprint density at radius 3 is 1.68 bits per heavy atom. The van der Waals surface area contributed by atoms with E-state index in [1.807, 2.05) is 60.9 Å². The van der Waals surface area contributed by atoms with Crippen molar-refractivity contribution >= 4 is 43.5 Å². The van der Waals surface area contributed by atoms with E-state index >= 15 is 0 Å². The molecule has 6 heteroatoms. The predicted molar refractivity (Wildman–Crippen MR) is 304 cm³/mol. The molecule has 0 radical (unpaired) electrons. The molecule has 0 aliphatic rings. The lowest BCUT2D eigenvalue weighted by Gasteiger charge is -2.18. The van der Waals surface area contributed by atoms with Crippen molar-refractivity contribution < 1.29 is 0 Å². The lowest BCUT2D eigenvalue weighted by Crippen LogP contribution is -2.00. The molecule has 10 aromatic carbocycles. The number of aromatic nitrogens is 6. The van der Waals surface area contributed by atoms with Gasteiger partial charge in [-0.15, -0.1) is 0 Å². The van der Waals surface area contributed by atoms with E-state index in [9.17, 15) is 0 Å². The van der Waals surface area contributed by atoms with Gasteiger partial charge in [-0.3, -0.25) is 0 Å². The maximum Gasteiger partial charge on any atom is 0.159 e. The van der Waals surface area contributed by atoms with Crippen molar-refractivity contribution in [2.24, 2.45) is 0 Å². The summed E-state index contributed by atoms with van der Waals surface area (Å²) in [4.78, 5) is 20.0. The SMILES string of the molecule is c1ccc(-c2ccnc(-c3cccc(-n4c5ccccc5c5cc(-c6ccccc6-c6cc7ccccc7n6-c6cccc(-c7cnc(-c8ccccc8)nc7-c7ccccc7)c6)c6ccccc6c54)c3)n2)cc1. The first-order valence-corrected chi connectivity index (χ1v) is 24.9. The van der Waals surface area contributed by atoms with Crippen molar-refractivity contribution in [1.29, 1.82) is 0 Å². The van der Waals surface area contributed by atoms with Crippen LogP contribution in [0, 0.1) is 0 Å². The molecule has 0 spiro atoms. The van der Waals surface area contributed by atoms with Gasteiger partial charge in [0.15, 0.2) is 11.6 Å². The monoisotopic (exact) mass is 944 g/mol. The number of benzene rings is 10. The topological polar surface area (TPSA) is 61.4 Å². The van der Waals surface area contributed by atoms with Gasteiger partial charge in [-0.1, -0.05) is 200 Å². The maximum atomic E-state index is 5.23. The van der Waals surface area contributed by atoms with E-state index in [0.717, 1.165) is 94.9 Å².